The Kier molecular flexibility index (Phi) is 9.76. The van der Waals surface area contributed by atoms with E-state index in [2.05, 4.69) is 0 Å². The second-order valence-corrected chi connectivity index (χ2v) is 17.7. The van der Waals surface area contributed by atoms with Crippen molar-refractivity contribution >= 4 is 57.8 Å². The first-order valence-corrected chi connectivity index (χ1v) is 19.9. The second-order valence-electron chi connectivity index (χ2n) is 11.6. The maximum Gasteiger partial charge on any atom is 0.277 e. The minimum absolute atomic E-state index is 0.223. The number of benzene rings is 7. The summed E-state index contributed by atoms with van der Waals surface area (Å²) >= 11 is 0. The zero-order valence-electron chi connectivity index (χ0n) is 27.2. The summed E-state index contributed by atoms with van der Waals surface area (Å²) in [7, 11) is -5.74. The summed E-state index contributed by atoms with van der Waals surface area (Å²) in [6.07, 6.45) is 0. The molecule has 242 valence electrons. The predicted octanol–water partition coefficient (Wildman–Crippen LogP) is 8.32. The lowest BCUT2D eigenvalue weighted by molar-refractivity contribution is 0.0972. The van der Waals surface area contributed by atoms with Crippen LogP contribution < -0.4 is 31.8 Å². The zero-order chi connectivity index (χ0) is 34.2. The van der Waals surface area contributed by atoms with Crippen LogP contribution in [0.3, 0.4) is 0 Å². The summed E-state index contributed by atoms with van der Waals surface area (Å²) in [5.74, 6) is -0.922. The van der Waals surface area contributed by atoms with Crippen LogP contribution in [0, 0.1) is 0 Å². The standard InChI is InChI=1S/C44H34N2O2P2/c47-43(45-49(35-21-7-1-8-22-35,36-23-9-2-10-24-36)37-25-11-3-12-26-37)41-33-19-20-34-42(41)44(48)46-50(38-27-13-4-14-28-38,39-29-15-5-16-30-39)40-31-17-6-18-32-40/h1-34H. The highest BCUT2D eigenvalue weighted by molar-refractivity contribution is 7.88. The molecule has 0 aliphatic carbocycles. The van der Waals surface area contributed by atoms with E-state index in [-0.39, 0.29) is 11.1 Å². The first-order chi connectivity index (χ1) is 24.6. The topological polar surface area (TPSA) is 58.9 Å². The Morgan fingerprint density at radius 2 is 0.460 bits per heavy atom. The maximum absolute atomic E-state index is 14.8. The summed E-state index contributed by atoms with van der Waals surface area (Å²) in [6.45, 7) is 0. The lowest BCUT2D eigenvalue weighted by Gasteiger charge is -2.27. The number of hydrogen-bond acceptors (Lipinski definition) is 2. The van der Waals surface area contributed by atoms with Gasteiger partial charge < -0.3 is 0 Å². The van der Waals surface area contributed by atoms with Crippen LogP contribution in [0.2, 0.25) is 0 Å². The highest BCUT2D eigenvalue weighted by atomic mass is 31.2. The molecule has 2 amide bonds. The Morgan fingerprint density at radius 1 is 0.280 bits per heavy atom. The van der Waals surface area contributed by atoms with E-state index >= 15 is 0 Å². The van der Waals surface area contributed by atoms with Crippen LogP contribution in [0.4, 0.5) is 0 Å². The van der Waals surface area contributed by atoms with Gasteiger partial charge in [0.25, 0.3) is 11.8 Å². The Labute approximate surface area is 293 Å². The Bertz CT molecular complexity index is 1970. The van der Waals surface area contributed by atoms with Crippen LogP contribution in [-0.4, -0.2) is 11.8 Å². The fourth-order valence-corrected chi connectivity index (χ4v) is 13.2. The number of rotatable bonds is 8. The van der Waals surface area contributed by atoms with Gasteiger partial charge in [-0.05, 0) is 12.1 Å². The van der Waals surface area contributed by atoms with Crippen LogP contribution in [0.15, 0.2) is 216 Å². The molecule has 0 N–H and O–H groups in total. The van der Waals surface area contributed by atoms with Gasteiger partial charge in [-0.3, -0.25) is 9.59 Å². The van der Waals surface area contributed by atoms with Gasteiger partial charge in [-0.2, -0.15) is 0 Å². The smallest absolute Gasteiger partial charge is 0.267 e. The third kappa shape index (κ3) is 6.28. The van der Waals surface area contributed by atoms with E-state index in [1.165, 1.54) is 0 Å². The maximum atomic E-state index is 14.8. The summed E-state index contributed by atoms with van der Waals surface area (Å²) in [5.41, 5.74) is 0.446. The molecule has 7 rings (SSSR count). The lowest BCUT2D eigenvalue weighted by atomic mass is 10.1. The average molecular weight is 685 g/mol. The van der Waals surface area contributed by atoms with E-state index in [1.54, 1.807) is 24.3 Å². The highest BCUT2D eigenvalue weighted by Gasteiger charge is 2.32. The van der Waals surface area contributed by atoms with Gasteiger partial charge >= 0.3 is 0 Å². The van der Waals surface area contributed by atoms with E-state index in [0.717, 1.165) is 31.8 Å². The van der Waals surface area contributed by atoms with Crippen molar-refractivity contribution in [3.05, 3.63) is 217 Å². The van der Waals surface area contributed by atoms with Crippen molar-refractivity contribution in [2.24, 2.45) is 9.49 Å². The number of nitrogens with zero attached hydrogens (tertiary/aromatic N) is 2. The summed E-state index contributed by atoms with van der Waals surface area (Å²) < 4.78 is 10.4. The highest BCUT2D eigenvalue weighted by Crippen LogP contribution is 2.48. The van der Waals surface area contributed by atoms with Crippen LogP contribution in [0.25, 0.3) is 0 Å². The number of carbonyl (C=O) groups is 2. The quantitative estimate of drug-likeness (QED) is 0.151. The minimum atomic E-state index is -2.87. The Hall–Kier alpha value is -5.66. The molecule has 50 heavy (non-hydrogen) atoms. The van der Waals surface area contributed by atoms with E-state index in [9.17, 15) is 9.59 Å². The van der Waals surface area contributed by atoms with Crippen molar-refractivity contribution in [3.8, 4) is 0 Å². The summed E-state index contributed by atoms with van der Waals surface area (Å²) in [6, 6.07) is 66.9. The molecule has 0 atom stereocenters. The lowest BCUT2D eigenvalue weighted by Crippen LogP contribution is -2.27. The fourth-order valence-electron chi connectivity index (χ4n) is 6.34. The molecule has 6 heteroatoms. The molecule has 4 nitrogen and oxygen atoms in total. The molecule has 7 aromatic rings. The molecule has 0 aliphatic rings. The van der Waals surface area contributed by atoms with Crippen molar-refractivity contribution in [1.82, 2.24) is 0 Å². The SMILES string of the molecule is O=C(N=P(c1ccccc1)(c1ccccc1)c1ccccc1)c1ccccc1C(=O)N=P(c1ccccc1)(c1ccccc1)c1ccccc1. The molecule has 0 saturated carbocycles. The molecule has 7 aromatic carbocycles. The van der Waals surface area contributed by atoms with Crippen molar-refractivity contribution < 1.29 is 9.59 Å². The molecule has 0 aromatic heterocycles. The minimum Gasteiger partial charge on any atom is -0.267 e. The second kappa shape index (κ2) is 14.8. The van der Waals surface area contributed by atoms with Gasteiger partial charge in [-0.25, -0.2) is 9.49 Å². The van der Waals surface area contributed by atoms with Crippen LogP contribution >= 0.6 is 14.1 Å². The van der Waals surface area contributed by atoms with Crippen LogP contribution in [0.5, 0.6) is 0 Å². The van der Waals surface area contributed by atoms with Crippen molar-refractivity contribution in [2.45, 2.75) is 0 Å². The summed E-state index contributed by atoms with van der Waals surface area (Å²) in [5, 5.41) is 5.67. The molecular formula is C44H34N2O2P2. The predicted molar refractivity (Wildman–Crippen MR) is 210 cm³/mol. The van der Waals surface area contributed by atoms with E-state index in [4.69, 9.17) is 9.49 Å². The van der Waals surface area contributed by atoms with Gasteiger partial charge in [0.15, 0.2) is 0 Å². The molecule has 0 bridgehead atoms. The molecule has 0 aliphatic heterocycles. The number of carbonyl (C=O) groups excluding carboxylic acids is 2. The third-order valence-corrected chi connectivity index (χ3v) is 15.9. The van der Waals surface area contributed by atoms with Crippen LogP contribution in [-0.2, 0) is 0 Å². The average Bonchev–Trinajstić information content (AvgIpc) is 3.21. The Morgan fingerprint density at radius 3 is 0.660 bits per heavy atom. The molecule has 0 radical (unpaired) electrons. The first-order valence-electron chi connectivity index (χ1n) is 16.4. The van der Waals surface area contributed by atoms with Gasteiger partial charge in [-0.15, -0.1) is 0 Å². The normalized spacial score (nSPS) is 11.4. The van der Waals surface area contributed by atoms with Crippen LogP contribution in [0.1, 0.15) is 20.7 Å². The number of amides is 2. The molecule has 0 heterocycles. The third-order valence-electron chi connectivity index (χ3n) is 8.65. The molecule has 0 saturated heterocycles. The van der Waals surface area contributed by atoms with Crippen molar-refractivity contribution in [1.29, 1.82) is 0 Å². The van der Waals surface area contributed by atoms with E-state index in [1.807, 2.05) is 182 Å². The van der Waals surface area contributed by atoms with Gasteiger partial charge in [0.2, 0.25) is 0 Å². The Balaban J connectivity index is 1.48. The van der Waals surface area contributed by atoms with Gasteiger partial charge in [0.1, 0.15) is 0 Å². The zero-order valence-corrected chi connectivity index (χ0v) is 29.0. The largest absolute Gasteiger partial charge is 0.277 e. The molecule has 0 unspecified atom stereocenters. The van der Waals surface area contributed by atoms with Crippen molar-refractivity contribution in [3.63, 3.8) is 0 Å². The van der Waals surface area contributed by atoms with Gasteiger partial charge in [0.05, 0.1) is 25.2 Å². The molecular weight excluding hydrogens is 650 g/mol. The van der Waals surface area contributed by atoms with Gasteiger partial charge in [0, 0.05) is 31.8 Å². The van der Waals surface area contributed by atoms with E-state index < -0.39 is 25.9 Å². The van der Waals surface area contributed by atoms with Gasteiger partial charge in [-0.1, -0.05) is 194 Å². The van der Waals surface area contributed by atoms with E-state index in [0.29, 0.717) is 0 Å². The monoisotopic (exact) mass is 684 g/mol. The summed E-state index contributed by atoms with van der Waals surface area (Å²) in [4.78, 5) is 29.5. The number of hydrogen-bond donors (Lipinski definition) is 0. The molecule has 0 fully saturated rings. The first kappa shape index (κ1) is 32.9. The van der Waals surface area contributed by atoms with Crippen molar-refractivity contribution in [2.75, 3.05) is 0 Å². The molecule has 0 spiro atoms. The fraction of sp³-hybridized carbons (Fsp3) is 0.